The van der Waals surface area contributed by atoms with Gasteiger partial charge in [-0.15, -0.1) is 0 Å². The zero-order valence-corrected chi connectivity index (χ0v) is 17.0. The maximum atomic E-state index is 6.32. The molecule has 0 aliphatic rings. The molecule has 2 aromatic rings. The van der Waals surface area contributed by atoms with Gasteiger partial charge >= 0.3 is 0 Å². The van der Waals surface area contributed by atoms with Crippen molar-refractivity contribution >= 4 is 19.7 Å². The average Bonchev–Trinajstić information content (AvgIpc) is 2.48. The third-order valence-corrected chi connectivity index (χ3v) is 9.05. The van der Waals surface area contributed by atoms with E-state index in [-0.39, 0.29) is 5.04 Å². The summed E-state index contributed by atoms with van der Waals surface area (Å²) in [6, 6.07) is 12.3. The summed E-state index contributed by atoms with van der Waals surface area (Å²) in [6.07, 6.45) is 1.85. The van der Waals surface area contributed by atoms with Crippen LogP contribution >= 0.6 is 0 Å². The molecule has 0 spiro atoms. The number of pyridine rings is 1. The molecule has 2 rings (SSSR count). The Hall–Kier alpha value is -1.81. The lowest BCUT2D eigenvalue weighted by Gasteiger charge is -2.36. The molecular weight excluding hydrogens is 312 g/mol. The van der Waals surface area contributed by atoms with Crippen molar-refractivity contribution in [1.29, 1.82) is 0 Å². The van der Waals surface area contributed by atoms with Crippen LogP contribution in [0.25, 0.3) is 0 Å². The molecule has 1 aromatic carbocycles. The van der Waals surface area contributed by atoms with Crippen LogP contribution in [0.3, 0.4) is 0 Å². The van der Waals surface area contributed by atoms with Crippen molar-refractivity contribution in [1.82, 2.24) is 4.98 Å². The first-order valence-corrected chi connectivity index (χ1v) is 11.5. The zero-order valence-electron chi connectivity index (χ0n) is 16.0. The van der Waals surface area contributed by atoms with E-state index in [4.69, 9.17) is 4.43 Å². The number of anilines is 2. The molecule has 0 aliphatic carbocycles. The van der Waals surface area contributed by atoms with Crippen LogP contribution in [0, 0.1) is 0 Å². The lowest BCUT2D eigenvalue weighted by Crippen LogP contribution is -2.43. The highest BCUT2D eigenvalue weighted by Crippen LogP contribution is 2.37. The number of nitrogens with one attached hydrogen (secondary N) is 1. The molecule has 0 amide bonds. The molecule has 1 heterocycles. The first-order valence-electron chi connectivity index (χ1n) is 8.60. The minimum absolute atomic E-state index is 0.203. The number of benzene rings is 1. The first kappa shape index (κ1) is 18.5. The molecule has 24 heavy (non-hydrogen) atoms. The molecule has 3 nitrogen and oxygen atoms in total. The van der Waals surface area contributed by atoms with Crippen LogP contribution in [0.4, 0.5) is 11.4 Å². The molecule has 4 heteroatoms. The van der Waals surface area contributed by atoms with Gasteiger partial charge in [-0.25, -0.2) is 0 Å². The molecule has 1 aromatic heterocycles. The zero-order chi connectivity index (χ0) is 18.0. The molecule has 0 unspecified atom stereocenters. The van der Waals surface area contributed by atoms with Gasteiger partial charge in [0.15, 0.2) is 0 Å². The summed E-state index contributed by atoms with van der Waals surface area (Å²) in [5.41, 5.74) is 3.21. The van der Waals surface area contributed by atoms with Crippen molar-refractivity contribution in [3.63, 3.8) is 0 Å². The van der Waals surface area contributed by atoms with Crippen LogP contribution in [0.1, 0.15) is 46.2 Å². The Labute approximate surface area is 147 Å². The van der Waals surface area contributed by atoms with Gasteiger partial charge < -0.3 is 9.74 Å². The van der Waals surface area contributed by atoms with Crippen LogP contribution < -0.4 is 9.74 Å². The molecule has 130 valence electrons. The maximum Gasteiger partial charge on any atom is 0.250 e. The van der Waals surface area contributed by atoms with Crippen LogP contribution in [-0.2, 0) is 0 Å². The van der Waals surface area contributed by atoms with Gasteiger partial charge in [0.1, 0.15) is 5.75 Å². The van der Waals surface area contributed by atoms with Gasteiger partial charge in [0.2, 0.25) is 8.32 Å². The first-order chi connectivity index (χ1) is 11.1. The van der Waals surface area contributed by atoms with Gasteiger partial charge in [-0.3, -0.25) is 4.98 Å². The van der Waals surface area contributed by atoms with Crippen LogP contribution in [0.5, 0.6) is 5.75 Å². The smallest absolute Gasteiger partial charge is 0.250 e. The molecule has 0 saturated heterocycles. The fourth-order valence-corrected chi connectivity index (χ4v) is 3.09. The van der Waals surface area contributed by atoms with Gasteiger partial charge in [0.05, 0.1) is 0 Å². The Bertz CT molecular complexity index is 673. The van der Waals surface area contributed by atoms with E-state index in [1.807, 2.05) is 24.4 Å². The van der Waals surface area contributed by atoms with E-state index in [1.54, 1.807) is 0 Å². The summed E-state index contributed by atoms with van der Waals surface area (Å²) in [7, 11) is -1.79. The fraction of sp³-hybridized carbons (Fsp3) is 0.450. The van der Waals surface area contributed by atoms with Gasteiger partial charge in [-0.1, -0.05) is 34.6 Å². The fourth-order valence-electron chi connectivity index (χ4n) is 2.06. The molecule has 0 saturated carbocycles. The topological polar surface area (TPSA) is 34.1 Å². The Balaban J connectivity index is 2.09. The van der Waals surface area contributed by atoms with E-state index in [2.05, 4.69) is 76.2 Å². The second-order valence-corrected chi connectivity index (χ2v) is 12.9. The van der Waals surface area contributed by atoms with Crippen molar-refractivity contribution in [3.05, 3.63) is 48.3 Å². The van der Waals surface area contributed by atoms with E-state index >= 15 is 0 Å². The average molecular weight is 343 g/mol. The summed E-state index contributed by atoms with van der Waals surface area (Å²) >= 11 is 0. The molecule has 0 fully saturated rings. The van der Waals surface area contributed by atoms with Gasteiger partial charge in [0, 0.05) is 23.3 Å². The van der Waals surface area contributed by atoms with E-state index in [0.717, 1.165) is 22.8 Å². The summed E-state index contributed by atoms with van der Waals surface area (Å²) < 4.78 is 6.32. The lowest BCUT2D eigenvalue weighted by atomic mass is 10.1. The van der Waals surface area contributed by atoms with Crippen molar-refractivity contribution < 1.29 is 4.43 Å². The molecular formula is C20H30N2OSi. The van der Waals surface area contributed by atoms with Crippen LogP contribution in [-0.4, -0.2) is 13.3 Å². The molecule has 0 bridgehead atoms. The Morgan fingerprint density at radius 3 is 2.17 bits per heavy atom. The largest absolute Gasteiger partial charge is 0.544 e. The third-order valence-electron chi connectivity index (χ3n) is 4.69. The van der Waals surface area contributed by atoms with Crippen LogP contribution in [0.2, 0.25) is 18.1 Å². The number of rotatable bonds is 5. The Morgan fingerprint density at radius 2 is 1.62 bits per heavy atom. The Morgan fingerprint density at radius 1 is 1.00 bits per heavy atom. The quantitative estimate of drug-likeness (QED) is 0.644. The standard InChI is InChI=1S/C20H30N2OSi/c1-15(2)19-14-17(12-13-21-19)22-16-8-10-18(11-9-16)23-24(6,7)20(3,4)5/h8-15H,1-7H3,(H,21,22). The minimum atomic E-state index is -1.79. The van der Waals surface area contributed by atoms with E-state index in [0.29, 0.717) is 5.92 Å². The van der Waals surface area contributed by atoms with Crippen molar-refractivity contribution in [2.75, 3.05) is 5.32 Å². The second-order valence-electron chi connectivity index (χ2n) is 8.14. The summed E-state index contributed by atoms with van der Waals surface area (Å²) in [5.74, 6) is 1.37. The van der Waals surface area contributed by atoms with Crippen molar-refractivity contribution in [2.24, 2.45) is 0 Å². The van der Waals surface area contributed by atoms with Crippen LogP contribution in [0.15, 0.2) is 42.6 Å². The summed E-state index contributed by atoms with van der Waals surface area (Å²) in [5, 5.41) is 3.64. The Kier molecular flexibility index (Phi) is 5.38. The van der Waals surface area contributed by atoms with Crippen molar-refractivity contribution in [2.45, 2.75) is 58.7 Å². The van der Waals surface area contributed by atoms with Gasteiger partial charge in [0.25, 0.3) is 0 Å². The minimum Gasteiger partial charge on any atom is -0.544 e. The van der Waals surface area contributed by atoms with Crippen molar-refractivity contribution in [3.8, 4) is 5.75 Å². The molecule has 0 atom stereocenters. The number of nitrogens with zero attached hydrogens (tertiary/aromatic N) is 1. The predicted octanol–water partition coefficient (Wildman–Crippen LogP) is 6.33. The second kappa shape index (κ2) is 6.97. The van der Waals surface area contributed by atoms with E-state index in [9.17, 15) is 0 Å². The highest BCUT2D eigenvalue weighted by Gasteiger charge is 2.38. The highest BCUT2D eigenvalue weighted by atomic mass is 28.4. The predicted molar refractivity (Wildman–Crippen MR) is 106 cm³/mol. The van der Waals surface area contributed by atoms with Gasteiger partial charge in [-0.2, -0.15) is 0 Å². The normalized spacial score (nSPS) is 12.3. The molecule has 1 N–H and O–H groups in total. The van der Waals surface area contributed by atoms with E-state index < -0.39 is 8.32 Å². The number of hydrogen-bond acceptors (Lipinski definition) is 3. The molecule has 0 radical (unpaired) electrons. The number of aromatic nitrogens is 1. The monoisotopic (exact) mass is 342 g/mol. The number of hydrogen-bond donors (Lipinski definition) is 1. The van der Waals surface area contributed by atoms with Gasteiger partial charge in [-0.05, 0) is 60.4 Å². The summed E-state index contributed by atoms with van der Waals surface area (Å²) in [6.45, 7) is 15.6. The SMILES string of the molecule is CC(C)c1cc(Nc2ccc(O[Si](C)(C)C(C)(C)C)cc2)ccn1. The summed E-state index contributed by atoms with van der Waals surface area (Å²) in [4.78, 5) is 4.40. The highest BCUT2D eigenvalue weighted by molar-refractivity contribution is 6.74. The lowest BCUT2D eigenvalue weighted by molar-refractivity contribution is 0.492. The maximum absolute atomic E-state index is 6.32. The third kappa shape index (κ3) is 4.60. The van der Waals surface area contributed by atoms with E-state index in [1.165, 1.54) is 0 Å². The molecule has 0 aliphatic heterocycles.